The van der Waals surface area contributed by atoms with E-state index in [4.69, 9.17) is 15.2 Å². The average Bonchev–Trinajstić information content (AvgIpc) is 2.48. The normalized spacial score (nSPS) is 11.2. The Bertz CT molecular complexity index is 365. The first-order valence-electron chi connectivity index (χ1n) is 6.41. The molecule has 0 saturated carbocycles. The van der Waals surface area contributed by atoms with E-state index in [0.717, 1.165) is 12.8 Å². The third kappa shape index (κ3) is 3.92. The van der Waals surface area contributed by atoms with Crippen LogP contribution in [0.5, 0.6) is 12.0 Å². The van der Waals surface area contributed by atoms with Gasteiger partial charge in [-0.05, 0) is 24.8 Å². The first-order chi connectivity index (χ1) is 9.12. The van der Waals surface area contributed by atoms with E-state index in [2.05, 4.69) is 34.1 Å². The summed E-state index contributed by atoms with van der Waals surface area (Å²) in [5.41, 5.74) is 5.91. The molecule has 7 nitrogen and oxygen atoms in total. The molecule has 3 N–H and O–H groups in total. The summed E-state index contributed by atoms with van der Waals surface area (Å²) >= 11 is 0. The van der Waals surface area contributed by atoms with Crippen LogP contribution in [-0.2, 0) is 0 Å². The Balaban J connectivity index is 2.81. The van der Waals surface area contributed by atoms with Crippen LogP contribution in [0.4, 0.5) is 5.95 Å². The molecule has 0 bridgehead atoms. The molecule has 0 atom stereocenters. The van der Waals surface area contributed by atoms with Crippen molar-refractivity contribution in [3.05, 3.63) is 0 Å². The molecule has 0 spiro atoms. The van der Waals surface area contributed by atoms with Crippen molar-refractivity contribution in [2.24, 2.45) is 11.1 Å². The van der Waals surface area contributed by atoms with Crippen molar-refractivity contribution in [2.75, 3.05) is 32.6 Å². The lowest BCUT2D eigenvalue weighted by atomic mass is 9.82. The first kappa shape index (κ1) is 15.4. The highest BCUT2D eigenvalue weighted by atomic mass is 16.5. The molecule has 0 saturated heterocycles. The Labute approximate surface area is 113 Å². The van der Waals surface area contributed by atoms with Gasteiger partial charge in [-0.1, -0.05) is 13.8 Å². The number of nitrogens with one attached hydrogen (secondary N) is 1. The van der Waals surface area contributed by atoms with Gasteiger partial charge in [-0.25, -0.2) is 0 Å². The van der Waals surface area contributed by atoms with Gasteiger partial charge in [0.05, 0.1) is 14.2 Å². The molecule has 19 heavy (non-hydrogen) atoms. The fourth-order valence-corrected chi connectivity index (χ4v) is 1.73. The van der Waals surface area contributed by atoms with E-state index in [-0.39, 0.29) is 17.4 Å². The number of hydrogen-bond donors (Lipinski definition) is 2. The second kappa shape index (κ2) is 7.08. The Hall–Kier alpha value is -1.63. The van der Waals surface area contributed by atoms with E-state index in [1.807, 2.05) is 0 Å². The monoisotopic (exact) mass is 269 g/mol. The molecule has 7 heteroatoms. The third-order valence-electron chi connectivity index (χ3n) is 3.51. The van der Waals surface area contributed by atoms with E-state index in [1.54, 1.807) is 0 Å². The minimum atomic E-state index is 0.0487. The number of anilines is 1. The second-order valence-electron chi connectivity index (χ2n) is 4.40. The standard InChI is InChI=1S/C12H23N5O2/c1-5-12(6-2,7-13)8-14-9-15-10(18-3)17-11(16-9)19-4/h5-8,13H2,1-4H3,(H,14,15,16,17). The Morgan fingerprint density at radius 1 is 1.05 bits per heavy atom. The lowest BCUT2D eigenvalue weighted by Crippen LogP contribution is -2.36. The predicted octanol–water partition coefficient (Wildman–Crippen LogP) is 1.07. The quantitative estimate of drug-likeness (QED) is 0.728. The van der Waals surface area contributed by atoms with Gasteiger partial charge in [0.1, 0.15) is 0 Å². The molecule has 0 aliphatic carbocycles. The van der Waals surface area contributed by atoms with Crippen molar-refractivity contribution >= 4 is 5.95 Å². The fourth-order valence-electron chi connectivity index (χ4n) is 1.73. The van der Waals surface area contributed by atoms with Crippen LogP contribution >= 0.6 is 0 Å². The lowest BCUT2D eigenvalue weighted by molar-refractivity contribution is 0.293. The maximum Gasteiger partial charge on any atom is 0.324 e. The summed E-state index contributed by atoms with van der Waals surface area (Å²) in [5.74, 6) is 0.434. The summed E-state index contributed by atoms with van der Waals surface area (Å²) < 4.78 is 10.0. The highest BCUT2D eigenvalue weighted by molar-refractivity contribution is 5.28. The summed E-state index contributed by atoms with van der Waals surface area (Å²) in [4.78, 5) is 12.2. The number of methoxy groups -OCH3 is 2. The van der Waals surface area contributed by atoms with Crippen LogP contribution in [0.25, 0.3) is 0 Å². The number of ether oxygens (including phenoxy) is 2. The van der Waals surface area contributed by atoms with Gasteiger partial charge in [-0.2, -0.15) is 9.97 Å². The van der Waals surface area contributed by atoms with Crippen LogP contribution in [0.15, 0.2) is 0 Å². The Morgan fingerprint density at radius 2 is 1.58 bits per heavy atom. The van der Waals surface area contributed by atoms with Gasteiger partial charge in [0.2, 0.25) is 5.95 Å². The molecule has 0 aliphatic rings. The molecule has 108 valence electrons. The van der Waals surface area contributed by atoms with E-state index in [0.29, 0.717) is 19.0 Å². The highest BCUT2D eigenvalue weighted by Crippen LogP contribution is 2.25. The Kier molecular flexibility index (Phi) is 5.75. The molecule has 1 rings (SSSR count). The van der Waals surface area contributed by atoms with Crippen molar-refractivity contribution < 1.29 is 9.47 Å². The number of nitrogens with two attached hydrogens (primary N) is 1. The van der Waals surface area contributed by atoms with E-state index in [9.17, 15) is 0 Å². The van der Waals surface area contributed by atoms with Crippen LogP contribution < -0.4 is 20.5 Å². The number of nitrogens with zero attached hydrogens (tertiary/aromatic N) is 3. The van der Waals surface area contributed by atoms with Crippen molar-refractivity contribution in [1.82, 2.24) is 15.0 Å². The van der Waals surface area contributed by atoms with Gasteiger partial charge in [-0.15, -0.1) is 4.98 Å². The van der Waals surface area contributed by atoms with Crippen LogP contribution in [0.3, 0.4) is 0 Å². The molecule has 0 radical (unpaired) electrons. The van der Waals surface area contributed by atoms with Crippen LogP contribution in [-0.4, -0.2) is 42.3 Å². The highest BCUT2D eigenvalue weighted by Gasteiger charge is 2.24. The van der Waals surface area contributed by atoms with Gasteiger partial charge in [0.25, 0.3) is 0 Å². The maximum atomic E-state index is 5.86. The SMILES string of the molecule is CCC(CC)(CN)CNc1nc(OC)nc(OC)n1. The van der Waals surface area contributed by atoms with Gasteiger partial charge in [0.15, 0.2) is 0 Å². The maximum absolute atomic E-state index is 5.86. The van der Waals surface area contributed by atoms with E-state index >= 15 is 0 Å². The van der Waals surface area contributed by atoms with Gasteiger partial charge in [0, 0.05) is 6.54 Å². The zero-order valence-electron chi connectivity index (χ0n) is 12.1. The van der Waals surface area contributed by atoms with Crippen LogP contribution in [0.1, 0.15) is 26.7 Å². The molecule has 1 aromatic rings. The molecule has 0 aliphatic heterocycles. The molecule has 1 heterocycles. The summed E-state index contributed by atoms with van der Waals surface area (Å²) in [5, 5.41) is 3.19. The molecule has 0 amide bonds. The molecule has 1 aromatic heterocycles. The second-order valence-corrected chi connectivity index (χ2v) is 4.40. The molecule has 0 unspecified atom stereocenters. The van der Waals surface area contributed by atoms with Crippen molar-refractivity contribution in [3.8, 4) is 12.0 Å². The smallest absolute Gasteiger partial charge is 0.324 e. The summed E-state index contributed by atoms with van der Waals surface area (Å²) in [6, 6.07) is 0.446. The molecular weight excluding hydrogens is 246 g/mol. The molecular formula is C12H23N5O2. The van der Waals surface area contributed by atoms with Crippen LogP contribution in [0.2, 0.25) is 0 Å². The largest absolute Gasteiger partial charge is 0.467 e. The zero-order chi connectivity index (χ0) is 14.3. The molecule has 0 aromatic carbocycles. The van der Waals surface area contributed by atoms with E-state index in [1.165, 1.54) is 14.2 Å². The summed E-state index contributed by atoms with van der Waals surface area (Å²) in [6.07, 6.45) is 1.98. The fraction of sp³-hybridized carbons (Fsp3) is 0.750. The first-order valence-corrected chi connectivity index (χ1v) is 6.41. The number of aromatic nitrogens is 3. The average molecular weight is 269 g/mol. The minimum absolute atomic E-state index is 0.0487. The van der Waals surface area contributed by atoms with Gasteiger partial charge < -0.3 is 20.5 Å². The van der Waals surface area contributed by atoms with Crippen molar-refractivity contribution in [3.63, 3.8) is 0 Å². The zero-order valence-corrected chi connectivity index (χ0v) is 12.1. The lowest BCUT2D eigenvalue weighted by Gasteiger charge is -2.30. The van der Waals surface area contributed by atoms with Gasteiger partial charge >= 0.3 is 12.0 Å². The number of rotatable bonds is 8. The van der Waals surface area contributed by atoms with Crippen molar-refractivity contribution in [1.29, 1.82) is 0 Å². The van der Waals surface area contributed by atoms with E-state index < -0.39 is 0 Å². The molecule has 0 fully saturated rings. The van der Waals surface area contributed by atoms with Crippen molar-refractivity contribution in [2.45, 2.75) is 26.7 Å². The summed E-state index contributed by atoms with van der Waals surface area (Å²) in [7, 11) is 3.00. The predicted molar refractivity (Wildman–Crippen MR) is 73.5 cm³/mol. The number of hydrogen-bond acceptors (Lipinski definition) is 7. The minimum Gasteiger partial charge on any atom is -0.467 e. The topological polar surface area (TPSA) is 95.2 Å². The van der Waals surface area contributed by atoms with Crippen LogP contribution in [0, 0.1) is 5.41 Å². The summed E-state index contributed by atoms with van der Waals surface area (Å²) in [6.45, 7) is 5.58. The Morgan fingerprint density at radius 3 is 1.95 bits per heavy atom. The third-order valence-corrected chi connectivity index (χ3v) is 3.51. The van der Waals surface area contributed by atoms with Gasteiger partial charge in [-0.3, -0.25) is 0 Å².